The SMILES string of the molecule is c1ccc2c(-c3ccc(-c4cccc5ccccc45)nc3)cccc2c1. The molecule has 0 amide bonds. The van der Waals surface area contributed by atoms with Gasteiger partial charge < -0.3 is 0 Å². The van der Waals surface area contributed by atoms with Crippen molar-refractivity contribution in [1.29, 1.82) is 0 Å². The zero-order chi connectivity index (χ0) is 17.3. The van der Waals surface area contributed by atoms with E-state index in [4.69, 9.17) is 4.98 Å². The standard InChI is InChI=1S/C25H17N/c1-3-11-21-18(7-1)9-5-13-23(21)20-15-16-25(26-17-20)24-14-6-10-19-8-2-4-12-22(19)24/h1-17H. The quantitative estimate of drug-likeness (QED) is 0.350. The maximum absolute atomic E-state index is 4.78. The molecule has 0 aliphatic rings. The molecule has 1 aromatic heterocycles. The van der Waals surface area contributed by atoms with E-state index in [1.165, 1.54) is 32.7 Å². The Morgan fingerprint density at radius 2 is 1.04 bits per heavy atom. The van der Waals surface area contributed by atoms with Crippen LogP contribution in [0.5, 0.6) is 0 Å². The number of aromatic nitrogens is 1. The second-order valence-electron chi connectivity index (χ2n) is 6.49. The van der Waals surface area contributed by atoms with Gasteiger partial charge in [-0.25, -0.2) is 0 Å². The Kier molecular flexibility index (Phi) is 3.50. The zero-order valence-electron chi connectivity index (χ0n) is 14.3. The molecule has 0 spiro atoms. The van der Waals surface area contributed by atoms with Gasteiger partial charge in [0.25, 0.3) is 0 Å². The van der Waals surface area contributed by atoms with Gasteiger partial charge >= 0.3 is 0 Å². The van der Waals surface area contributed by atoms with Gasteiger partial charge in [0.1, 0.15) is 0 Å². The van der Waals surface area contributed by atoms with Gasteiger partial charge in [0.05, 0.1) is 5.69 Å². The lowest BCUT2D eigenvalue weighted by Crippen LogP contribution is -1.87. The smallest absolute Gasteiger partial charge is 0.0708 e. The Morgan fingerprint density at radius 1 is 0.462 bits per heavy atom. The van der Waals surface area contributed by atoms with Crippen molar-refractivity contribution in [2.45, 2.75) is 0 Å². The fraction of sp³-hybridized carbons (Fsp3) is 0. The third-order valence-corrected chi connectivity index (χ3v) is 4.93. The molecule has 0 saturated carbocycles. The normalized spacial score (nSPS) is 11.1. The number of rotatable bonds is 2. The van der Waals surface area contributed by atoms with Crippen LogP contribution in [0, 0.1) is 0 Å². The highest BCUT2D eigenvalue weighted by molar-refractivity contribution is 5.98. The van der Waals surface area contributed by atoms with Gasteiger partial charge in [-0.15, -0.1) is 0 Å². The number of fused-ring (bicyclic) bond motifs is 2. The lowest BCUT2D eigenvalue weighted by atomic mass is 9.98. The highest BCUT2D eigenvalue weighted by Gasteiger charge is 2.07. The summed E-state index contributed by atoms with van der Waals surface area (Å²) in [5.41, 5.74) is 4.55. The summed E-state index contributed by atoms with van der Waals surface area (Å²) in [5, 5.41) is 4.99. The molecule has 1 heteroatoms. The van der Waals surface area contributed by atoms with Crippen LogP contribution in [0.25, 0.3) is 43.9 Å². The van der Waals surface area contributed by atoms with E-state index in [2.05, 4.69) is 97.1 Å². The van der Waals surface area contributed by atoms with Crippen LogP contribution in [0.2, 0.25) is 0 Å². The monoisotopic (exact) mass is 331 g/mol. The summed E-state index contributed by atoms with van der Waals surface area (Å²) in [5.74, 6) is 0. The van der Waals surface area contributed by atoms with Crippen molar-refractivity contribution in [3.05, 3.63) is 103 Å². The predicted octanol–water partition coefficient (Wildman–Crippen LogP) is 6.72. The molecule has 1 nitrogen and oxygen atoms in total. The van der Waals surface area contributed by atoms with Crippen molar-refractivity contribution in [1.82, 2.24) is 4.98 Å². The van der Waals surface area contributed by atoms with Crippen molar-refractivity contribution < 1.29 is 0 Å². The third kappa shape index (κ3) is 2.46. The van der Waals surface area contributed by atoms with Gasteiger partial charge in [-0.05, 0) is 33.2 Å². The highest BCUT2D eigenvalue weighted by Crippen LogP contribution is 2.31. The van der Waals surface area contributed by atoms with Crippen molar-refractivity contribution in [3.8, 4) is 22.4 Å². The van der Waals surface area contributed by atoms with Crippen LogP contribution in [0.4, 0.5) is 0 Å². The largest absolute Gasteiger partial charge is 0.256 e. The summed E-state index contributed by atoms with van der Waals surface area (Å²) in [6.45, 7) is 0. The van der Waals surface area contributed by atoms with Gasteiger partial charge in [0.2, 0.25) is 0 Å². The molecule has 4 aromatic carbocycles. The summed E-state index contributed by atoms with van der Waals surface area (Å²) in [6, 6.07) is 34.0. The predicted molar refractivity (Wildman–Crippen MR) is 110 cm³/mol. The van der Waals surface area contributed by atoms with Crippen LogP contribution in [0.1, 0.15) is 0 Å². The van der Waals surface area contributed by atoms with E-state index in [0.717, 1.165) is 11.3 Å². The van der Waals surface area contributed by atoms with Crippen molar-refractivity contribution in [2.75, 3.05) is 0 Å². The fourth-order valence-electron chi connectivity index (χ4n) is 3.64. The van der Waals surface area contributed by atoms with Crippen LogP contribution in [-0.4, -0.2) is 4.98 Å². The van der Waals surface area contributed by atoms with Crippen LogP contribution < -0.4 is 0 Å². The average molecular weight is 331 g/mol. The van der Waals surface area contributed by atoms with Gasteiger partial charge in [-0.3, -0.25) is 4.98 Å². The first-order valence-corrected chi connectivity index (χ1v) is 8.82. The van der Waals surface area contributed by atoms with Crippen molar-refractivity contribution >= 4 is 21.5 Å². The number of nitrogens with zero attached hydrogens (tertiary/aromatic N) is 1. The topological polar surface area (TPSA) is 12.9 Å². The lowest BCUT2D eigenvalue weighted by Gasteiger charge is -2.09. The summed E-state index contributed by atoms with van der Waals surface area (Å²) in [4.78, 5) is 4.78. The van der Waals surface area contributed by atoms with Crippen LogP contribution >= 0.6 is 0 Å². The third-order valence-electron chi connectivity index (χ3n) is 4.93. The Hall–Kier alpha value is -3.45. The van der Waals surface area contributed by atoms with Crippen molar-refractivity contribution in [2.24, 2.45) is 0 Å². The minimum absolute atomic E-state index is 1.01. The minimum atomic E-state index is 1.01. The van der Waals surface area contributed by atoms with Gasteiger partial charge in [0, 0.05) is 17.3 Å². The molecule has 1 heterocycles. The molecule has 0 saturated heterocycles. The average Bonchev–Trinajstić information content (AvgIpc) is 2.73. The number of pyridine rings is 1. The number of benzene rings is 4. The molecular formula is C25H17N. The zero-order valence-corrected chi connectivity index (χ0v) is 14.3. The summed E-state index contributed by atoms with van der Waals surface area (Å²) in [7, 11) is 0. The van der Waals surface area contributed by atoms with Crippen LogP contribution in [0.15, 0.2) is 103 Å². The van der Waals surface area contributed by atoms with E-state index in [9.17, 15) is 0 Å². The highest BCUT2D eigenvalue weighted by atomic mass is 14.7. The maximum Gasteiger partial charge on any atom is 0.0708 e. The number of hydrogen-bond donors (Lipinski definition) is 0. The first kappa shape index (κ1) is 14.9. The van der Waals surface area contributed by atoms with E-state index >= 15 is 0 Å². The van der Waals surface area contributed by atoms with Gasteiger partial charge in [-0.1, -0.05) is 91.0 Å². The fourth-order valence-corrected chi connectivity index (χ4v) is 3.64. The first-order valence-electron chi connectivity index (χ1n) is 8.82. The van der Waals surface area contributed by atoms with Gasteiger partial charge in [-0.2, -0.15) is 0 Å². The summed E-state index contributed by atoms with van der Waals surface area (Å²) >= 11 is 0. The van der Waals surface area contributed by atoms with Crippen LogP contribution in [-0.2, 0) is 0 Å². The molecule has 5 aromatic rings. The summed E-state index contributed by atoms with van der Waals surface area (Å²) in [6.07, 6.45) is 1.98. The Morgan fingerprint density at radius 3 is 1.69 bits per heavy atom. The molecule has 122 valence electrons. The van der Waals surface area contributed by atoms with Gasteiger partial charge in [0.15, 0.2) is 0 Å². The van der Waals surface area contributed by atoms with E-state index in [1.807, 2.05) is 6.20 Å². The summed E-state index contributed by atoms with van der Waals surface area (Å²) < 4.78 is 0. The molecule has 0 atom stereocenters. The van der Waals surface area contributed by atoms with E-state index in [0.29, 0.717) is 0 Å². The molecule has 0 fully saturated rings. The Balaban J connectivity index is 1.63. The van der Waals surface area contributed by atoms with E-state index < -0.39 is 0 Å². The molecule has 0 bridgehead atoms. The first-order chi connectivity index (χ1) is 12.9. The van der Waals surface area contributed by atoms with E-state index in [-0.39, 0.29) is 0 Å². The second-order valence-corrected chi connectivity index (χ2v) is 6.49. The lowest BCUT2D eigenvalue weighted by molar-refractivity contribution is 1.33. The molecule has 5 rings (SSSR count). The molecule has 0 aliphatic heterocycles. The molecular weight excluding hydrogens is 314 g/mol. The van der Waals surface area contributed by atoms with Crippen LogP contribution in [0.3, 0.4) is 0 Å². The second kappa shape index (κ2) is 6.12. The maximum atomic E-state index is 4.78. The molecule has 0 radical (unpaired) electrons. The molecule has 0 unspecified atom stereocenters. The van der Waals surface area contributed by atoms with Crippen molar-refractivity contribution in [3.63, 3.8) is 0 Å². The Labute approximate surface area is 152 Å². The van der Waals surface area contributed by atoms with E-state index in [1.54, 1.807) is 0 Å². The molecule has 0 aliphatic carbocycles. The Bertz CT molecular complexity index is 1110. The molecule has 0 N–H and O–H groups in total. The number of hydrogen-bond acceptors (Lipinski definition) is 1. The minimum Gasteiger partial charge on any atom is -0.256 e. The molecule has 26 heavy (non-hydrogen) atoms.